The Bertz CT molecular complexity index is 617. The largest absolute Gasteiger partial charge is 0.344 e. The van der Waals surface area contributed by atoms with Gasteiger partial charge in [0.05, 0.1) is 0 Å². The van der Waals surface area contributed by atoms with Crippen LogP contribution in [0.4, 0.5) is 5.95 Å². The second-order valence-electron chi connectivity index (χ2n) is 4.29. The van der Waals surface area contributed by atoms with Crippen LogP contribution in [0.25, 0.3) is 5.95 Å². The highest BCUT2D eigenvalue weighted by Gasteiger charge is 2.18. The minimum atomic E-state index is -0.489. The number of carbonyl (C=O) groups is 1. The van der Waals surface area contributed by atoms with Crippen molar-refractivity contribution in [1.29, 1.82) is 0 Å². The molecule has 9 nitrogen and oxygen atoms in total. The summed E-state index contributed by atoms with van der Waals surface area (Å²) in [4.78, 5) is 29.5. The molecule has 0 saturated carbocycles. The van der Waals surface area contributed by atoms with E-state index in [1.165, 1.54) is 17.3 Å². The average molecular weight is 311 g/mol. The molecule has 21 heavy (non-hydrogen) atoms. The highest BCUT2D eigenvalue weighted by molar-refractivity contribution is 6.28. The molecule has 112 valence electrons. The number of nitrogens with one attached hydrogen (secondary N) is 1. The molecule has 0 radical (unpaired) electrons. The van der Waals surface area contributed by atoms with Crippen molar-refractivity contribution in [3.63, 3.8) is 0 Å². The molecule has 1 amide bonds. The van der Waals surface area contributed by atoms with Crippen LogP contribution in [0, 0.1) is 0 Å². The van der Waals surface area contributed by atoms with E-state index in [2.05, 4.69) is 30.4 Å². The van der Waals surface area contributed by atoms with Crippen molar-refractivity contribution in [3.05, 3.63) is 17.9 Å². The number of carbonyl (C=O) groups excluding carboxylic acids is 1. The normalized spacial score (nSPS) is 12.0. The zero-order valence-corrected chi connectivity index (χ0v) is 12.6. The van der Waals surface area contributed by atoms with Crippen LogP contribution in [-0.2, 0) is 4.79 Å². The zero-order valence-electron chi connectivity index (χ0n) is 11.9. The van der Waals surface area contributed by atoms with Crippen LogP contribution in [0.2, 0.25) is 5.28 Å². The van der Waals surface area contributed by atoms with Crippen LogP contribution in [-0.4, -0.2) is 60.2 Å². The molecule has 1 unspecified atom stereocenters. The number of halogens is 1. The zero-order chi connectivity index (χ0) is 15.4. The van der Waals surface area contributed by atoms with Gasteiger partial charge in [0.15, 0.2) is 0 Å². The van der Waals surface area contributed by atoms with Gasteiger partial charge >= 0.3 is 0 Å². The van der Waals surface area contributed by atoms with Gasteiger partial charge in [0.25, 0.3) is 5.95 Å². The molecule has 0 aliphatic rings. The second-order valence-corrected chi connectivity index (χ2v) is 4.62. The van der Waals surface area contributed by atoms with Gasteiger partial charge in [0.1, 0.15) is 18.7 Å². The molecule has 0 bridgehead atoms. The molecule has 2 heterocycles. The van der Waals surface area contributed by atoms with Crippen LogP contribution >= 0.6 is 11.6 Å². The maximum absolute atomic E-state index is 12.0. The monoisotopic (exact) mass is 310 g/mol. The van der Waals surface area contributed by atoms with Crippen LogP contribution in [0.15, 0.2) is 12.7 Å². The summed E-state index contributed by atoms with van der Waals surface area (Å²) < 4.78 is 1.35. The van der Waals surface area contributed by atoms with E-state index in [0.717, 1.165) is 0 Å². The first-order valence-electron chi connectivity index (χ1n) is 6.29. The Balaban J connectivity index is 2.19. The molecule has 2 aromatic heterocycles. The molecule has 0 spiro atoms. The van der Waals surface area contributed by atoms with Gasteiger partial charge in [-0.1, -0.05) is 0 Å². The summed E-state index contributed by atoms with van der Waals surface area (Å²) in [5, 5.41) is 6.82. The third-order valence-corrected chi connectivity index (χ3v) is 2.96. The van der Waals surface area contributed by atoms with Gasteiger partial charge in [-0.2, -0.15) is 24.7 Å². The van der Waals surface area contributed by atoms with Crippen molar-refractivity contribution in [3.8, 4) is 5.95 Å². The molecule has 0 aromatic carbocycles. The van der Waals surface area contributed by atoms with E-state index in [4.69, 9.17) is 11.6 Å². The van der Waals surface area contributed by atoms with Gasteiger partial charge in [-0.25, -0.2) is 4.98 Å². The summed E-state index contributed by atoms with van der Waals surface area (Å²) in [6, 6.07) is -0.489. The highest BCUT2D eigenvalue weighted by atomic mass is 35.5. The summed E-state index contributed by atoms with van der Waals surface area (Å²) in [6.07, 6.45) is 2.79. The van der Waals surface area contributed by atoms with E-state index >= 15 is 0 Å². The van der Waals surface area contributed by atoms with Crippen LogP contribution in [0.5, 0.6) is 0 Å². The Kier molecular flexibility index (Phi) is 4.63. The SMILES string of the molecule is CCN(C)C(=O)C(C)Nc1nc(Cl)nc(-n2cncn2)n1. The minimum absolute atomic E-state index is 0.00138. The Labute approximate surface area is 126 Å². The minimum Gasteiger partial charge on any atom is -0.344 e. The first-order valence-corrected chi connectivity index (χ1v) is 6.67. The van der Waals surface area contributed by atoms with Gasteiger partial charge in [-0.15, -0.1) is 0 Å². The molecule has 0 fully saturated rings. The van der Waals surface area contributed by atoms with E-state index in [0.29, 0.717) is 6.54 Å². The maximum atomic E-state index is 12.0. The Morgan fingerprint density at radius 1 is 1.48 bits per heavy atom. The Hall–Kier alpha value is -2.29. The van der Waals surface area contributed by atoms with E-state index in [9.17, 15) is 4.79 Å². The Morgan fingerprint density at radius 3 is 2.86 bits per heavy atom. The number of aromatic nitrogens is 6. The molecule has 2 aromatic rings. The highest BCUT2D eigenvalue weighted by Crippen LogP contribution is 2.10. The lowest BCUT2D eigenvalue weighted by molar-refractivity contribution is -0.130. The molecule has 2 rings (SSSR count). The Morgan fingerprint density at radius 2 is 2.24 bits per heavy atom. The lowest BCUT2D eigenvalue weighted by Crippen LogP contribution is -2.39. The third kappa shape index (κ3) is 3.63. The predicted octanol–water partition coefficient (Wildman–Crippen LogP) is 0.384. The smallest absolute Gasteiger partial charge is 0.258 e. The van der Waals surface area contributed by atoms with Crippen molar-refractivity contribution >= 4 is 23.5 Å². The summed E-state index contributed by atoms with van der Waals surface area (Å²) in [5.74, 6) is 0.348. The number of likely N-dealkylation sites (N-methyl/N-ethyl adjacent to an activating group) is 1. The summed E-state index contributed by atoms with van der Waals surface area (Å²) in [7, 11) is 1.72. The standard InChI is InChI=1S/C11H15ClN8O/c1-4-19(3)8(21)7(2)15-10-16-9(12)17-11(18-10)20-6-13-5-14-20/h5-7H,4H2,1-3H3,(H,15,16,17,18). The van der Waals surface area contributed by atoms with E-state index in [1.54, 1.807) is 18.9 Å². The molecule has 1 N–H and O–H groups in total. The fourth-order valence-electron chi connectivity index (χ4n) is 1.56. The van der Waals surface area contributed by atoms with Gasteiger partial charge in [-0.3, -0.25) is 4.79 Å². The van der Waals surface area contributed by atoms with Crippen LogP contribution in [0.3, 0.4) is 0 Å². The quantitative estimate of drug-likeness (QED) is 0.852. The van der Waals surface area contributed by atoms with Gasteiger partial charge in [0, 0.05) is 13.6 Å². The summed E-state index contributed by atoms with van der Waals surface area (Å²) in [6.45, 7) is 4.24. The molecular weight excluding hydrogens is 296 g/mol. The number of rotatable bonds is 5. The number of hydrogen-bond donors (Lipinski definition) is 1. The molecular formula is C11H15ClN8O. The van der Waals surface area contributed by atoms with Crippen molar-refractivity contribution < 1.29 is 4.79 Å². The lowest BCUT2D eigenvalue weighted by atomic mass is 10.3. The third-order valence-electron chi connectivity index (χ3n) is 2.79. The lowest BCUT2D eigenvalue weighted by Gasteiger charge is -2.20. The number of nitrogens with zero attached hydrogens (tertiary/aromatic N) is 7. The van der Waals surface area contributed by atoms with Crippen molar-refractivity contribution in [2.45, 2.75) is 19.9 Å². The average Bonchev–Trinajstić information content (AvgIpc) is 2.99. The molecule has 0 aliphatic carbocycles. The van der Waals surface area contributed by atoms with E-state index < -0.39 is 6.04 Å². The summed E-state index contributed by atoms with van der Waals surface area (Å²) in [5.41, 5.74) is 0. The van der Waals surface area contributed by atoms with Crippen molar-refractivity contribution in [2.24, 2.45) is 0 Å². The van der Waals surface area contributed by atoms with Crippen molar-refractivity contribution in [1.82, 2.24) is 34.6 Å². The maximum Gasteiger partial charge on any atom is 0.258 e. The predicted molar refractivity (Wildman–Crippen MR) is 76.1 cm³/mol. The fourth-order valence-corrected chi connectivity index (χ4v) is 1.72. The van der Waals surface area contributed by atoms with E-state index in [1.807, 2.05) is 6.92 Å². The van der Waals surface area contributed by atoms with Gasteiger partial charge in [-0.05, 0) is 25.4 Å². The first kappa shape index (κ1) is 15.1. The topological polar surface area (TPSA) is 102 Å². The molecule has 1 atom stereocenters. The number of anilines is 1. The first-order chi connectivity index (χ1) is 10.0. The molecule has 0 aliphatic heterocycles. The van der Waals surface area contributed by atoms with E-state index in [-0.39, 0.29) is 23.1 Å². The molecule has 0 saturated heterocycles. The fraction of sp³-hybridized carbons (Fsp3) is 0.455. The van der Waals surface area contributed by atoms with Gasteiger partial charge in [0.2, 0.25) is 17.1 Å². The van der Waals surface area contributed by atoms with Crippen molar-refractivity contribution in [2.75, 3.05) is 18.9 Å². The van der Waals surface area contributed by atoms with Gasteiger partial charge < -0.3 is 10.2 Å². The summed E-state index contributed by atoms with van der Waals surface area (Å²) >= 11 is 5.86. The number of hydrogen-bond acceptors (Lipinski definition) is 7. The number of amides is 1. The molecule has 10 heteroatoms. The second kappa shape index (κ2) is 6.44. The van der Waals surface area contributed by atoms with Crippen LogP contribution < -0.4 is 5.32 Å². The van der Waals surface area contributed by atoms with Crippen LogP contribution in [0.1, 0.15) is 13.8 Å².